The summed E-state index contributed by atoms with van der Waals surface area (Å²) >= 11 is 0. The zero-order chi connectivity index (χ0) is 15.5. The van der Waals surface area contributed by atoms with Crippen LogP contribution in [0, 0.1) is 6.92 Å². The maximum absolute atomic E-state index is 12.4. The zero-order valence-electron chi connectivity index (χ0n) is 13.4. The van der Waals surface area contributed by atoms with Gasteiger partial charge in [0.2, 0.25) is 0 Å². The monoisotopic (exact) mass is 307 g/mol. The highest BCUT2D eigenvalue weighted by molar-refractivity contribution is 5.74. The molecular formula is C16H25N3O3. The number of rotatable bonds is 3. The van der Waals surface area contributed by atoms with Crippen molar-refractivity contribution in [1.82, 2.24) is 15.1 Å². The summed E-state index contributed by atoms with van der Waals surface area (Å²) < 4.78 is 10.8. The molecule has 2 atom stereocenters. The van der Waals surface area contributed by atoms with Crippen molar-refractivity contribution in [2.45, 2.75) is 38.9 Å². The normalized spacial score (nSPS) is 26.4. The Morgan fingerprint density at radius 1 is 1.41 bits per heavy atom. The third-order valence-electron chi connectivity index (χ3n) is 4.74. The molecule has 3 rings (SSSR count). The van der Waals surface area contributed by atoms with Crippen molar-refractivity contribution in [3.63, 3.8) is 0 Å². The minimum Gasteiger partial charge on any atom is -0.467 e. The van der Waals surface area contributed by atoms with Crippen LogP contribution in [0.15, 0.2) is 16.7 Å². The number of hydrogen-bond acceptors (Lipinski definition) is 4. The van der Waals surface area contributed by atoms with Gasteiger partial charge in [-0.1, -0.05) is 0 Å². The minimum atomic E-state index is -0.000871. The Balaban J connectivity index is 1.53. The van der Waals surface area contributed by atoms with Gasteiger partial charge in [0, 0.05) is 31.7 Å². The number of amides is 2. The fourth-order valence-corrected chi connectivity index (χ4v) is 3.34. The summed E-state index contributed by atoms with van der Waals surface area (Å²) in [5.74, 6) is 0.824. The first-order valence-electron chi connectivity index (χ1n) is 8.04. The highest BCUT2D eigenvalue weighted by Gasteiger charge is 2.35. The maximum atomic E-state index is 12.4. The molecule has 1 aromatic rings. The van der Waals surface area contributed by atoms with E-state index in [4.69, 9.17) is 9.15 Å². The average molecular weight is 307 g/mol. The van der Waals surface area contributed by atoms with E-state index in [1.165, 1.54) is 0 Å². The minimum absolute atomic E-state index is 0.000871. The molecule has 2 aliphatic heterocycles. The lowest BCUT2D eigenvalue weighted by Crippen LogP contribution is -2.46. The summed E-state index contributed by atoms with van der Waals surface area (Å²) in [6, 6.07) is 2.63. The van der Waals surface area contributed by atoms with Crippen molar-refractivity contribution < 1.29 is 13.9 Å². The van der Waals surface area contributed by atoms with Crippen LogP contribution in [0.4, 0.5) is 4.79 Å². The number of ether oxygens (including phenoxy) is 1. The Kier molecular flexibility index (Phi) is 4.69. The zero-order valence-corrected chi connectivity index (χ0v) is 13.4. The molecule has 2 unspecified atom stereocenters. The fraction of sp³-hybridized carbons (Fsp3) is 0.688. The van der Waals surface area contributed by atoms with Gasteiger partial charge in [-0.3, -0.25) is 4.90 Å². The van der Waals surface area contributed by atoms with Crippen LogP contribution in [0.2, 0.25) is 0 Å². The van der Waals surface area contributed by atoms with Gasteiger partial charge in [0.05, 0.1) is 26.0 Å². The Bertz CT molecular complexity index is 510. The number of carbonyl (C=O) groups is 1. The van der Waals surface area contributed by atoms with Crippen molar-refractivity contribution in [1.29, 1.82) is 0 Å². The van der Waals surface area contributed by atoms with Crippen LogP contribution < -0.4 is 5.32 Å². The maximum Gasteiger partial charge on any atom is 0.318 e. The number of hydrogen-bond donors (Lipinski definition) is 1. The largest absolute Gasteiger partial charge is 0.467 e. The Hall–Kier alpha value is -1.53. The molecule has 6 nitrogen and oxygen atoms in total. The number of carbonyl (C=O) groups excluding carboxylic acids is 1. The Labute approximate surface area is 131 Å². The molecule has 0 aromatic carbocycles. The SMILES string of the molecule is Cc1ccoc1CNC(=O)N1CC(N2CCOCC2)CC1C. The van der Waals surface area contributed by atoms with Crippen molar-refractivity contribution >= 4 is 6.03 Å². The van der Waals surface area contributed by atoms with E-state index < -0.39 is 0 Å². The number of nitrogens with one attached hydrogen (secondary N) is 1. The lowest BCUT2D eigenvalue weighted by atomic mass is 10.1. The molecule has 0 spiro atoms. The lowest BCUT2D eigenvalue weighted by molar-refractivity contribution is 0.0190. The molecular weight excluding hydrogens is 282 g/mol. The summed E-state index contributed by atoms with van der Waals surface area (Å²) in [5.41, 5.74) is 1.07. The molecule has 22 heavy (non-hydrogen) atoms. The number of urea groups is 1. The van der Waals surface area contributed by atoms with E-state index in [1.807, 2.05) is 17.9 Å². The van der Waals surface area contributed by atoms with Crippen molar-refractivity contribution in [3.05, 3.63) is 23.7 Å². The summed E-state index contributed by atoms with van der Waals surface area (Å²) in [7, 11) is 0. The molecule has 2 saturated heterocycles. The molecule has 0 radical (unpaired) electrons. The molecule has 3 heterocycles. The first-order chi connectivity index (χ1) is 10.6. The second kappa shape index (κ2) is 6.71. The van der Waals surface area contributed by atoms with E-state index in [9.17, 15) is 4.79 Å². The molecule has 0 bridgehead atoms. The molecule has 1 N–H and O–H groups in total. The van der Waals surface area contributed by atoms with Crippen molar-refractivity contribution in [3.8, 4) is 0 Å². The van der Waals surface area contributed by atoms with Gasteiger partial charge < -0.3 is 19.4 Å². The molecule has 0 saturated carbocycles. The van der Waals surface area contributed by atoms with Crippen molar-refractivity contribution in [2.75, 3.05) is 32.8 Å². The fourth-order valence-electron chi connectivity index (χ4n) is 3.34. The standard InChI is InChI=1S/C16H25N3O3/c1-12-3-6-22-15(12)10-17-16(20)19-11-14(9-13(19)2)18-4-7-21-8-5-18/h3,6,13-14H,4-5,7-11H2,1-2H3,(H,17,20). The van der Waals surface area contributed by atoms with Gasteiger partial charge in [0.1, 0.15) is 5.76 Å². The molecule has 2 amide bonds. The summed E-state index contributed by atoms with van der Waals surface area (Å²) in [4.78, 5) is 16.8. The summed E-state index contributed by atoms with van der Waals surface area (Å²) in [6.45, 7) is 8.89. The van der Waals surface area contributed by atoms with E-state index in [0.717, 1.165) is 50.6 Å². The van der Waals surface area contributed by atoms with Gasteiger partial charge in [-0.2, -0.15) is 0 Å². The van der Waals surface area contributed by atoms with Gasteiger partial charge in [0.25, 0.3) is 0 Å². The summed E-state index contributed by atoms with van der Waals surface area (Å²) in [6.07, 6.45) is 2.69. The van der Waals surface area contributed by atoms with Crippen LogP contribution in [0.5, 0.6) is 0 Å². The molecule has 1 aromatic heterocycles. The van der Waals surface area contributed by atoms with Crippen LogP contribution in [-0.4, -0.2) is 60.8 Å². The van der Waals surface area contributed by atoms with E-state index in [1.54, 1.807) is 6.26 Å². The summed E-state index contributed by atoms with van der Waals surface area (Å²) in [5, 5.41) is 2.97. The molecule has 6 heteroatoms. The second-order valence-electron chi connectivity index (χ2n) is 6.22. The molecule has 2 fully saturated rings. The second-order valence-corrected chi connectivity index (χ2v) is 6.22. The van der Waals surface area contributed by atoms with Gasteiger partial charge >= 0.3 is 6.03 Å². The predicted octanol–water partition coefficient (Wildman–Crippen LogP) is 1.59. The van der Waals surface area contributed by atoms with Crippen molar-refractivity contribution in [2.24, 2.45) is 0 Å². The number of nitrogens with zero attached hydrogens (tertiary/aromatic N) is 2. The third-order valence-corrected chi connectivity index (χ3v) is 4.74. The van der Waals surface area contributed by atoms with E-state index in [2.05, 4.69) is 17.1 Å². The molecule has 2 aliphatic rings. The predicted molar refractivity (Wildman–Crippen MR) is 82.6 cm³/mol. The van der Waals surface area contributed by atoms with Gasteiger partial charge in [0.15, 0.2) is 0 Å². The Morgan fingerprint density at radius 3 is 2.86 bits per heavy atom. The lowest BCUT2D eigenvalue weighted by Gasteiger charge is -2.32. The van der Waals surface area contributed by atoms with E-state index >= 15 is 0 Å². The van der Waals surface area contributed by atoms with Crippen LogP contribution in [0.25, 0.3) is 0 Å². The van der Waals surface area contributed by atoms with Crippen LogP contribution in [0.1, 0.15) is 24.7 Å². The van der Waals surface area contributed by atoms with E-state index in [-0.39, 0.29) is 12.1 Å². The number of aryl methyl sites for hydroxylation is 1. The Morgan fingerprint density at radius 2 is 2.18 bits per heavy atom. The molecule has 0 aliphatic carbocycles. The van der Waals surface area contributed by atoms with Gasteiger partial charge in [-0.25, -0.2) is 4.79 Å². The average Bonchev–Trinajstić information content (AvgIpc) is 3.12. The smallest absolute Gasteiger partial charge is 0.318 e. The van der Waals surface area contributed by atoms with E-state index in [0.29, 0.717) is 12.6 Å². The highest BCUT2D eigenvalue weighted by atomic mass is 16.5. The molecule has 122 valence electrons. The number of morpholine rings is 1. The van der Waals surface area contributed by atoms with Crippen LogP contribution in [0.3, 0.4) is 0 Å². The number of furan rings is 1. The van der Waals surface area contributed by atoms with Gasteiger partial charge in [-0.15, -0.1) is 0 Å². The highest BCUT2D eigenvalue weighted by Crippen LogP contribution is 2.23. The first kappa shape index (κ1) is 15.4. The topological polar surface area (TPSA) is 58.0 Å². The number of likely N-dealkylation sites (tertiary alicyclic amines) is 1. The van der Waals surface area contributed by atoms with Crippen LogP contribution in [-0.2, 0) is 11.3 Å². The third kappa shape index (κ3) is 3.28. The van der Waals surface area contributed by atoms with Crippen LogP contribution >= 0.6 is 0 Å². The van der Waals surface area contributed by atoms with Gasteiger partial charge in [-0.05, 0) is 31.9 Å². The first-order valence-corrected chi connectivity index (χ1v) is 8.04. The quantitative estimate of drug-likeness (QED) is 0.921.